The lowest BCUT2D eigenvalue weighted by Crippen LogP contribution is -1.97. The Hall–Kier alpha value is -4.06. The van der Waals surface area contributed by atoms with Gasteiger partial charge in [-0.15, -0.1) is 0 Å². The number of hydrogen-bond acceptors (Lipinski definition) is 6. The zero-order valence-corrected chi connectivity index (χ0v) is 21.7. The molecule has 6 heteroatoms. The Morgan fingerprint density at radius 3 is 1.31 bits per heavy atom. The summed E-state index contributed by atoms with van der Waals surface area (Å²) in [6.45, 7) is 8.73. The molecule has 3 aromatic carbocycles. The number of rotatable bonds is 10. The van der Waals surface area contributed by atoms with Gasteiger partial charge < -0.3 is 29.2 Å². The highest BCUT2D eigenvalue weighted by Crippen LogP contribution is 2.44. The average Bonchev–Trinajstić information content (AvgIpc) is 2.84. The van der Waals surface area contributed by atoms with Crippen molar-refractivity contribution in [3.63, 3.8) is 0 Å². The quantitative estimate of drug-likeness (QED) is 0.294. The van der Waals surface area contributed by atoms with Crippen molar-refractivity contribution in [2.45, 2.75) is 27.7 Å². The first-order valence-electron chi connectivity index (χ1n) is 11.7. The highest BCUT2D eigenvalue weighted by atomic mass is 16.5. The van der Waals surface area contributed by atoms with Crippen molar-refractivity contribution in [1.82, 2.24) is 0 Å². The van der Waals surface area contributed by atoms with Crippen molar-refractivity contribution in [3.8, 4) is 56.8 Å². The third-order valence-corrected chi connectivity index (χ3v) is 5.52. The Labute approximate surface area is 213 Å². The Morgan fingerprint density at radius 1 is 0.611 bits per heavy atom. The first-order valence-corrected chi connectivity index (χ1v) is 11.7. The lowest BCUT2D eigenvalue weighted by molar-refractivity contribution is 0.335. The monoisotopic (exact) mass is 490 g/mol. The molecule has 0 unspecified atom stereocenters. The lowest BCUT2D eigenvalue weighted by atomic mass is 9.97. The molecule has 0 radical (unpaired) electrons. The van der Waals surface area contributed by atoms with Crippen LogP contribution in [0.15, 0.2) is 71.8 Å². The largest absolute Gasteiger partial charge is 0.504 e. The standard InChI is InChI=1S/C30H34O6/c1-19(2)11-13-35-27-9-7-21(15-25(27)31)23-17-30(34-6)24(18-29(23)33-5)22-8-10-28(26(32)16-22)36-14-12-20(3)4/h7-12,15-18,31-32H,13-14H2,1-6H3. The number of benzene rings is 3. The van der Waals surface area contributed by atoms with E-state index in [1.807, 2.05) is 64.1 Å². The van der Waals surface area contributed by atoms with Gasteiger partial charge >= 0.3 is 0 Å². The van der Waals surface area contributed by atoms with Crippen molar-refractivity contribution in [1.29, 1.82) is 0 Å². The van der Waals surface area contributed by atoms with Crippen LogP contribution in [-0.4, -0.2) is 37.6 Å². The Morgan fingerprint density at radius 2 is 1.00 bits per heavy atom. The Kier molecular flexibility index (Phi) is 8.90. The highest BCUT2D eigenvalue weighted by molar-refractivity contribution is 5.82. The van der Waals surface area contributed by atoms with E-state index in [4.69, 9.17) is 18.9 Å². The minimum Gasteiger partial charge on any atom is -0.504 e. The van der Waals surface area contributed by atoms with Gasteiger partial charge in [0.1, 0.15) is 24.7 Å². The minimum absolute atomic E-state index is 0.0355. The minimum atomic E-state index is 0.0355. The lowest BCUT2D eigenvalue weighted by Gasteiger charge is -2.17. The number of methoxy groups -OCH3 is 2. The van der Waals surface area contributed by atoms with E-state index in [1.165, 1.54) is 0 Å². The summed E-state index contributed by atoms with van der Waals surface area (Å²) < 4.78 is 22.7. The van der Waals surface area contributed by atoms with Gasteiger partial charge in [0.05, 0.1) is 14.2 Å². The van der Waals surface area contributed by atoms with Crippen LogP contribution in [0.4, 0.5) is 0 Å². The van der Waals surface area contributed by atoms with Crippen molar-refractivity contribution in [2.75, 3.05) is 27.4 Å². The molecule has 0 bridgehead atoms. The molecule has 3 aromatic rings. The number of phenols is 2. The molecule has 0 aliphatic carbocycles. The van der Waals surface area contributed by atoms with Crippen LogP contribution < -0.4 is 18.9 Å². The highest BCUT2D eigenvalue weighted by Gasteiger charge is 2.17. The molecule has 0 heterocycles. The third-order valence-electron chi connectivity index (χ3n) is 5.52. The molecular formula is C30H34O6. The second-order valence-corrected chi connectivity index (χ2v) is 8.80. The first kappa shape index (κ1) is 26.5. The number of phenolic OH excluding ortho intramolecular Hbond substituents is 2. The molecule has 36 heavy (non-hydrogen) atoms. The number of aromatic hydroxyl groups is 2. The van der Waals surface area contributed by atoms with Gasteiger partial charge in [-0.1, -0.05) is 23.3 Å². The van der Waals surface area contributed by atoms with Gasteiger partial charge in [-0.2, -0.15) is 0 Å². The number of hydrogen-bond donors (Lipinski definition) is 2. The predicted molar refractivity (Wildman–Crippen MR) is 144 cm³/mol. The van der Waals surface area contributed by atoms with E-state index in [-0.39, 0.29) is 11.5 Å². The maximum absolute atomic E-state index is 10.5. The fraction of sp³-hybridized carbons (Fsp3) is 0.267. The summed E-state index contributed by atoms with van der Waals surface area (Å²) in [6, 6.07) is 14.2. The van der Waals surface area contributed by atoms with Gasteiger partial charge in [0.15, 0.2) is 23.0 Å². The summed E-state index contributed by atoms with van der Waals surface area (Å²) in [5.41, 5.74) is 5.26. The van der Waals surface area contributed by atoms with Gasteiger partial charge in [-0.3, -0.25) is 0 Å². The summed E-state index contributed by atoms with van der Waals surface area (Å²) in [7, 11) is 3.17. The molecule has 2 N–H and O–H groups in total. The predicted octanol–water partition coefficient (Wildman–Crippen LogP) is 7.14. The van der Waals surface area contributed by atoms with Gasteiger partial charge in [-0.05, 0) is 87.4 Å². The number of allylic oxidation sites excluding steroid dienone is 2. The Balaban J connectivity index is 1.95. The molecule has 0 aromatic heterocycles. The van der Waals surface area contributed by atoms with Crippen LogP contribution in [0.1, 0.15) is 27.7 Å². The molecule has 0 saturated carbocycles. The molecule has 0 aliphatic heterocycles. The van der Waals surface area contributed by atoms with E-state index in [2.05, 4.69) is 0 Å². The average molecular weight is 491 g/mol. The molecule has 0 spiro atoms. The maximum Gasteiger partial charge on any atom is 0.161 e. The zero-order valence-electron chi connectivity index (χ0n) is 21.7. The molecule has 0 atom stereocenters. The zero-order chi connectivity index (χ0) is 26.2. The van der Waals surface area contributed by atoms with E-state index >= 15 is 0 Å². The smallest absolute Gasteiger partial charge is 0.161 e. The van der Waals surface area contributed by atoms with E-state index in [1.54, 1.807) is 38.5 Å². The molecule has 6 nitrogen and oxygen atoms in total. The van der Waals surface area contributed by atoms with Crippen LogP contribution >= 0.6 is 0 Å². The van der Waals surface area contributed by atoms with E-state index in [0.29, 0.717) is 36.2 Å². The summed E-state index contributed by atoms with van der Waals surface area (Å²) in [6.07, 6.45) is 3.89. The van der Waals surface area contributed by atoms with Crippen LogP contribution in [0.5, 0.6) is 34.5 Å². The van der Waals surface area contributed by atoms with Crippen LogP contribution in [-0.2, 0) is 0 Å². The number of ether oxygens (including phenoxy) is 4. The molecule has 0 amide bonds. The molecule has 0 fully saturated rings. The molecule has 0 aliphatic rings. The maximum atomic E-state index is 10.5. The van der Waals surface area contributed by atoms with Crippen molar-refractivity contribution < 1.29 is 29.2 Å². The summed E-state index contributed by atoms with van der Waals surface area (Å²) >= 11 is 0. The third kappa shape index (κ3) is 6.54. The summed E-state index contributed by atoms with van der Waals surface area (Å²) in [4.78, 5) is 0. The van der Waals surface area contributed by atoms with Gasteiger partial charge in [0.2, 0.25) is 0 Å². The SMILES string of the molecule is COc1cc(-c2ccc(OCC=C(C)C)c(O)c2)c(OC)cc1-c1ccc(OCC=C(C)C)c(O)c1. The van der Waals surface area contributed by atoms with Crippen molar-refractivity contribution in [3.05, 3.63) is 71.8 Å². The normalized spacial score (nSPS) is 10.4. The van der Waals surface area contributed by atoms with Crippen LogP contribution in [0.25, 0.3) is 22.3 Å². The summed E-state index contributed by atoms with van der Waals surface area (Å²) in [5, 5.41) is 21.1. The van der Waals surface area contributed by atoms with Crippen LogP contribution in [0.2, 0.25) is 0 Å². The van der Waals surface area contributed by atoms with E-state index in [9.17, 15) is 10.2 Å². The molecule has 3 rings (SSSR count). The van der Waals surface area contributed by atoms with Crippen molar-refractivity contribution in [2.24, 2.45) is 0 Å². The Bertz CT molecular complexity index is 1170. The van der Waals surface area contributed by atoms with E-state index in [0.717, 1.165) is 33.4 Å². The van der Waals surface area contributed by atoms with Gasteiger partial charge in [0, 0.05) is 11.1 Å². The summed E-state index contributed by atoms with van der Waals surface area (Å²) in [5.74, 6) is 2.06. The fourth-order valence-corrected chi connectivity index (χ4v) is 3.56. The van der Waals surface area contributed by atoms with Crippen molar-refractivity contribution >= 4 is 0 Å². The molecular weight excluding hydrogens is 456 g/mol. The topological polar surface area (TPSA) is 77.4 Å². The second kappa shape index (κ2) is 12.1. The van der Waals surface area contributed by atoms with Crippen LogP contribution in [0.3, 0.4) is 0 Å². The fourth-order valence-electron chi connectivity index (χ4n) is 3.56. The second-order valence-electron chi connectivity index (χ2n) is 8.80. The molecule has 0 saturated heterocycles. The van der Waals surface area contributed by atoms with Crippen LogP contribution in [0, 0.1) is 0 Å². The van der Waals surface area contributed by atoms with Gasteiger partial charge in [-0.25, -0.2) is 0 Å². The van der Waals surface area contributed by atoms with Gasteiger partial charge in [0.25, 0.3) is 0 Å². The molecule has 190 valence electrons. The van der Waals surface area contributed by atoms with E-state index < -0.39 is 0 Å². The first-order chi connectivity index (χ1) is 17.2.